The SMILES string of the molecule is Cc1ccc(S(=O)(=O)NCNC(=O)Nc2ccc(Br)cc2)cc1. The Bertz CT molecular complexity index is 775. The minimum absolute atomic E-state index is 0.151. The molecule has 0 aromatic heterocycles. The average molecular weight is 398 g/mol. The van der Waals surface area contributed by atoms with E-state index in [-0.39, 0.29) is 11.6 Å². The van der Waals surface area contributed by atoms with Gasteiger partial charge in [-0.25, -0.2) is 13.2 Å². The molecule has 0 aliphatic heterocycles. The van der Waals surface area contributed by atoms with Crippen LogP contribution >= 0.6 is 15.9 Å². The Morgan fingerprint density at radius 2 is 1.65 bits per heavy atom. The van der Waals surface area contributed by atoms with Crippen LogP contribution in [0.2, 0.25) is 0 Å². The fourth-order valence-corrected chi connectivity index (χ4v) is 2.91. The van der Waals surface area contributed by atoms with Crippen LogP contribution in [-0.2, 0) is 10.0 Å². The van der Waals surface area contributed by atoms with E-state index in [1.54, 1.807) is 36.4 Å². The minimum Gasteiger partial charge on any atom is -0.324 e. The molecule has 0 spiro atoms. The van der Waals surface area contributed by atoms with Crippen molar-refractivity contribution in [2.75, 3.05) is 12.0 Å². The van der Waals surface area contributed by atoms with E-state index < -0.39 is 16.1 Å². The average Bonchev–Trinajstić information content (AvgIpc) is 2.50. The van der Waals surface area contributed by atoms with Crippen molar-refractivity contribution in [2.45, 2.75) is 11.8 Å². The third-order valence-electron chi connectivity index (χ3n) is 2.94. The third kappa shape index (κ3) is 5.34. The van der Waals surface area contributed by atoms with Crippen molar-refractivity contribution in [1.29, 1.82) is 0 Å². The summed E-state index contributed by atoms with van der Waals surface area (Å²) in [6.45, 7) is 1.66. The molecule has 0 aliphatic rings. The predicted octanol–water partition coefficient (Wildman–Crippen LogP) is 2.82. The maximum Gasteiger partial charge on any atom is 0.320 e. The molecular weight excluding hydrogens is 382 g/mol. The van der Waals surface area contributed by atoms with Gasteiger partial charge in [0, 0.05) is 10.2 Å². The number of halogens is 1. The maximum atomic E-state index is 12.0. The van der Waals surface area contributed by atoms with Gasteiger partial charge in [0.2, 0.25) is 10.0 Å². The summed E-state index contributed by atoms with van der Waals surface area (Å²) < 4.78 is 27.3. The zero-order valence-corrected chi connectivity index (χ0v) is 14.7. The van der Waals surface area contributed by atoms with Crippen LogP contribution in [0.5, 0.6) is 0 Å². The number of benzene rings is 2. The number of urea groups is 1. The van der Waals surface area contributed by atoms with E-state index in [0.717, 1.165) is 10.0 Å². The molecule has 0 unspecified atom stereocenters. The topological polar surface area (TPSA) is 87.3 Å². The van der Waals surface area contributed by atoms with E-state index >= 15 is 0 Å². The molecule has 122 valence electrons. The maximum absolute atomic E-state index is 12.0. The first-order valence-electron chi connectivity index (χ1n) is 6.73. The van der Waals surface area contributed by atoms with Gasteiger partial charge in [-0.1, -0.05) is 33.6 Å². The standard InChI is InChI=1S/C15H16BrN3O3S/c1-11-2-8-14(9-3-11)23(21,22)18-10-17-15(20)19-13-6-4-12(16)5-7-13/h2-9,18H,10H2,1H3,(H2,17,19,20). The number of anilines is 1. The zero-order valence-electron chi connectivity index (χ0n) is 12.3. The van der Waals surface area contributed by atoms with Gasteiger partial charge in [0.05, 0.1) is 11.6 Å². The normalized spacial score (nSPS) is 11.0. The molecule has 23 heavy (non-hydrogen) atoms. The van der Waals surface area contributed by atoms with Gasteiger partial charge in [-0.05, 0) is 43.3 Å². The van der Waals surface area contributed by atoms with Gasteiger partial charge in [0.1, 0.15) is 0 Å². The second-order valence-corrected chi connectivity index (χ2v) is 7.46. The lowest BCUT2D eigenvalue weighted by atomic mass is 10.2. The van der Waals surface area contributed by atoms with E-state index in [2.05, 4.69) is 31.3 Å². The van der Waals surface area contributed by atoms with Crippen LogP contribution in [-0.4, -0.2) is 21.1 Å². The smallest absolute Gasteiger partial charge is 0.320 e. The van der Waals surface area contributed by atoms with E-state index in [1.165, 1.54) is 12.1 Å². The second-order valence-electron chi connectivity index (χ2n) is 4.78. The second kappa shape index (κ2) is 7.58. The van der Waals surface area contributed by atoms with E-state index in [1.807, 2.05) is 6.92 Å². The number of aryl methyl sites for hydroxylation is 1. The highest BCUT2D eigenvalue weighted by Crippen LogP contribution is 2.13. The molecular formula is C15H16BrN3O3S. The number of amides is 2. The van der Waals surface area contributed by atoms with E-state index in [9.17, 15) is 13.2 Å². The Morgan fingerprint density at radius 1 is 1.04 bits per heavy atom. The van der Waals surface area contributed by atoms with E-state index in [4.69, 9.17) is 0 Å². The minimum atomic E-state index is -3.65. The zero-order chi connectivity index (χ0) is 16.9. The largest absolute Gasteiger partial charge is 0.324 e. The first-order chi connectivity index (χ1) is 10.9. The molecule has 2 rings (SSSR count). The summed E-state index contributed by atoms with van der Waals surface area (Å²) in [5.41, 5.74) is 1.57. The molecule has 6 nitrogen and oxygen atoms in total. The Labute approximate surface area is 143 Å². The number of hydrogen-bond donors (Lipinski definition) is 3. The molecule has 0 saturated carbocycles. The molecule has 0 saturated heterocycles. The summed E-state index contributed by atoms with van der Waals surface area (Å²) in [5.74, 6) is 0. The molecule has 0 fully saturated rings. The van der Waals surface area contributed by atoms with Crippen LogP contribution < -0.4 is 15.4 Å². The Balaban J connectivity index is 1.85. The van der Waals surface area contributed by atoms with Crippen LogP contribution in [0, 0.1) is 6.92 Å². The Morgan fingerprint density at radius 3 is 2.26 bits per heavy atom. The molecule has 0 atom stereocenters. The lowest BCUT2D eigenvalue weighted by Crippen LogP contribution is -2.39. The fraction of sp³-hybridized carbons (Fsp3) is 0.133. The summed E-state index contributed by atoms with van der Waals surface area (Å²) in [6, 6.07) is 13.0. The van der Waals surface area contributed by atoms with Gasteiger partial charge < -0.3 is 10.6 Å². The van der Waals surface area contributed by atoms with Gasteiger partial charge in [0.15, 0.2) is 0 Å². The summed E-state index contributed by atoms with van der Waals surface area (Å²) in [7, 11) is -3.65. The summed E-state index contributed by atoms with van der Waals surface area (Å²) in [5, 5.41) is 5.03. The quantitative estimate of drug-likeness (QED) is 0.677. The summed E-state index contributed by atoms with van der Waals surface area (Å²) >= 11 is 3.30. The van der Waals surface area contributed by atoms with Crippen LogP contribution in [0.15, 0.2) is 57.9 Å². The molecule has 0 heterocycles. The molecule has 2 amide bonds. The van der Waals surface area contributed by atoms with Crippen LogP contribution in [0.4, 0.5) is 10.5 Å². The first-order valence-corrected chi connectivity index (χ1v) is 9.01. The highest BCUT2D eigenvalue weighted by atomic mass is 79.9. The number of hydrogen-bond acceptors (Lipinski definition) is 3. The molecule has 3 N–H and O–H groups in total. The van der Waals surface area contributed by atoms with Crippen molar-refractivity contribution in [3.63, 3.8) is 0 Å². The molecule has 0 aliphatic carbocycles. The van der Waals surface area contributed by atoms with Gasteiger partial charge in [-0.15, -0.1) is 0 Å². The first kappa shape index (κ1) is 17.5. The van der Waals surface area contributed by atoms with Crippen molar-refractivity contribution in [2.24, 2.45) is 0 Å². The lowest BCUT2D eigenvalue weighted by Gasteiger charge is -2.10. The number of rotatable bonds is 5. The van der Waals surface area contributed by atoms with Gasteiger partial charge in [0.25, 0.3) is 0 Å². The van der Waals surface area contributed by atoms with Crippen LogP contribution in [0.1, 0.15) is 5.56 Å². The summed E-state index contributed by atoms with van der Waals surface area (Å²) in [6.07, 6.45) is 0. The van der Waals surface area contributed by atoms with Gasteiger partial charge in [-0.2, -0.15) is 4.72 Å². The van der Waals surface area contributed by atoms with Crippen molar-refractivity contribution < 1.29 is 13.2 Å². The summed E-state index contributed by atoms with van der Waals surface area (Å²) in [4.78, 5) is 11.8. The highest BCUT2D eigenvalue weighted by Gasteiger charge is 2.13. The van der Waals surface area contributed by atoms with Crippen molar-refractivity contribution >= 4 is 37.7 Å². The van der Waals surface area contributed by atoms with Gasteiger partial charge in [-0.3, -0.25) is 0 Å². The van der Waals surface area contributed by atoms with Crippen molar-refractivity contribution in [1.82, 2.24) is 10.0 Å². The number of carbonyl (C=O) groups is 1. The highest BCUT2D eigenvalue weighted by molar-refractivity contribution is 9.10. The van der Waals surface area contributed by atoms with Crippen molar-refractivity contribution in [3.05, 3.63) is 58.6 Å². The molecule has 8 heteroatoms. The van der Waals surface area contributed by atoms with Crippen molar-refractivity contribution in [3.8, 4) is 0 Å². The number of sulfonamides is 1. The fourth-order valence-electron chi connectivity index (χ4n) is 1.72. The van der Waals surface area contributed by atoms with Crippen LogP contribution in [0.3, 0.4) is 0 Å². The monoisotopic (exact) mass is 397 g/mol. The number of nitrogens with one attached hydrogen (secondary N) is 3. The van der Waals surface area contributed by atoms with Crippen LogP contribution in [0.25, 0.3) is 0 Å². The molecule has 0 bridgehead atoms. The third-order valence-corrected chi connectivity index (χ3v) is 4.89. The Hall–Kier alpha value is -1.90. The van der Waals surface area contributed by atoms with Gasteiger partial charge >= 0.3 is 6.03 Å². The molecule has 0 radical (unpaired) electrons. The number of carbonyl (C=O) groups excluding carboxylic acids is 1. The lowest BCUT2D eigenvalue weighted by molar-refractivity contribution is 0.252. The predicted molar refractivity (Wildman–Crippen MR) is 92.7 cm³/mol. The van der Waals surface area contributed by atoms with E-state index in [0.29, 0.717) is 5.69 Å². The molecule has 2 aromatic rings. The molecule has 2 aromatic carbocycles. The Kier molecular flexibility index (Phi) is 5.75.